The van der Waals surface area contributed by atoms with Crippen LogP contribution in [0.25, 0.3) is 0 Å². The molecule has 0 aliphatic carbocycles. The van der Waals surface area contributed by atoms with E-state index in [1.54, 1.807) is 24.1 Å². The molecule has 2 rings (SSSR count). The fourth-order valence-corrected chi connectivity index (χ4v) is 2.15. The van der Waals surface area contributed by atoms with Crippen molar-refractivity contribution in [2.75, 3.05) is 20.3 Å². The molecule has 0 fully saturated rings. The van der Waals surface area contributed by atoms with Crippen LogP contribution >= 0.6 is 0 Å². The number of carbonyl (C=O) groups is 1. The van der Waals surface area contributed by atoms with Crippen LogP contribution in [0.2, 0.25) is 0 Å². The summed E-state index contributed by atoms with van der Waals surface area (Å²) < 4.78 is 10.5. The van der Waals surface area contributed by atoms with Gasteiger partial charge in [-0.2, -0.15) is 0 Å². The predicted molar refractivity (Wildman–Crippen MR) is 83.2 cm³/mol. The zero-order valence-electron chi connectivity index (χ0n) is 13.0. The van der Waals surface area contributed by atoms with Gasteiger partial charge in [0.2, 0.25) is 0 Å². The molecule has 0 spiro atoms. The third-order valence-corrected chi connectivity index (χ3v) is 3.30. The summed E-state index contributed by atoms with van der Waals surface area (Å²) in [6.45, 7) is 2.82. The normalized spacial score (nSPS) is 10.5. The summed E-state index contributed by atoms with van der Waals surface area (Å²) in [7, 11) is 1.55. The molecule has 23 heavy (non-hydrogen) atoms. The van der Waals surface area contributed by atoms with E-state index in [1.165, 1.54) is 18.2 Å². The van der Waals surface area contributed by atoms with Gasteiger partial charge >= 0.3 is 0 Å². The zero-order chi connectivity index (χ0) is 16.8. The van der Waals surface area contributed by atoms with Crippen molar-refractivity contribution < 1.29 is 18.9 Å². The van der Waals surface area contributed by atoms with Gasteiger partial charge in [-0.3, -0.25) is 14.9 Å². The number of nitro benzene ring substituents is 1. The van der Waals surface area contributed by atoms with E-state index >= 15 is 0 Å². The molecule has 1 heterocycles. The third kappa shape index (κ3) is 4.40. The Hall–Kier alpha value is -2.67. The van der Waals surface area contributed by atoms with Crippen molar-refractivity contribution >= 4 is 11.6 Å². The Kier molecular flexibility index (Phi) is 5.48. The summed E-state index contributed by atoms with van der Waals surface area (Å²) in [6, 6.07) is 9.30. The van der Waals surface area contributed by atoms with E-state index in [4.69, 9.17) is 9.15 Å². The first-order valence-electron chi connectivity index (χ1n) is 7.09. The minimum atomic E-state index is -0.522. The maximum Gasteiger partial charge on any atom is 0.270 e. The van der Waals surface area contributed by atoms with Gasteiger partial charge in [0.15, 0.2) is 0 Å². The second-order valence-electron chi connectivity index (χ2n) is 5.04. The van der Waals surface area contributed by atoms with Gasteiger partial charge in [-0.25, -0.2) is 0 Å². The van der Waals surface area contributed by atoms with Crippen molar-refractivity contribution in [3.63, 3.8) is 0 Å². The Morgan fingerprint density at radius 3 is 2.74 bits per heavy atom. The quantitative estimate of drug-likeness (QED) is 0.579. The van der Waals surface area contributed by atoms with Crippen LogP contribution in [0.4, 0.5) is 5.69 Å². The average Bonchev–Trinajstić information content (AvgIpc) is 2.96. The van der Waals surface area contributed by atoms with Gasteiger partial charge in [-0.15, -0.1) is 0 Å². The Balaban J connectivity index is 2.21. The van der Waals surface area contributed by atoms with E-state index in [1.807, 2.05) is 13.0 Å². The molecule has 2 aromatic rings. The highest BCUT2D eigenvalue weighted by Crippen LogP contribution is 2.17. The molecule has 0 N–H and O–H groups in total. The van der Waals surface area contributed by atoms with Crippen LogP contribution in [0.5, 0.6) is 0 Å². The van der Waals surface area contributed by atoms with Crippen LogP contribution in [0.3, 0.4) is 0 Å². The smallest absolute Gasteiger partial charge is 0.270 e. The van der Waals surface area contributed by atoms with Crippen molar-refractivity contribution in [3.8, 4) is 0 Å². The number of nitrogens with zero attached hydrogens (tertiary/aromatic N) is 2. The Morgan fingerprint density at radius 1 is 1.35 bits per heavy atom. The Labute approximate surface area is 133 Å². The number of hydrogen-bond acceptors (Lipinski definition) is 5. The monoisotopic (exact) mass is 318 g/mol. The number of benzene rings is 1. The van der Waals surface area contributed by atoms with Gasteiger partial charge in [-0.05, 0) is 25.1 Å². The molecule has 0 unspecified atom stereocenters. The second-order valence-corrected chi connectivity index (χ2v) is 5.04. The van der Waals surface area contributed by atoms with Gasteiger partial charge in [0.05, 0.1) is 18.1 Å². The van der Waals surface area contributed by atoms with Crippen LogP contribution in [0.15, 0.2) is 40.8 Å². The molecule has 122 valence electrons. The minimum Gasteiger partial charge on any atom is -0.464 e. The molecule has 1 aromatic carbocycles. The van der Waals surface area contributed by atoms with Gasteiger partial charge in [0, 0.05) is 31.4 Å². The largest absolute Gasteiger partial charge is 0.464 e. The minimum absolute atomic E-state index is 0.114. The highest BCUT2D eigenvalue weighted by molar-refractivity contribution is 5.94. The lowest BCUT2D eigenvalue weighted by Gasteiger charge is -2.21. The average molecular weight is 318 g/mol. The van der Waals surface area contributed by atoms with E-state index in [9.17, 15) is 14.9 Å². The summed E-state index contributed by atoms with van der Waals surface area (Å²) in [5.41, 5.74) is 0.148. The molecular formula is C16H18N2O5. The summed E-state index contributed by atoms with van der Waals surface area (Å²) in [5, 5.41) is 10.9. The van der Waals surface area contributed by atoms with Crippen molar-refractivity contribution in [2.45, 2.75) is 13.5 Å². The van der Waals surface area contributed by atoms with E-state index < -0.39 is 4.92 Å². The second kappa shape index (κ2) is 7.55. The number of non-ortho nitro benzene ring substituents is 1. The molecule has 0 aliphatic rings. The summed E-state index contributed by atoms with van der Waals surface area (Å²) in [6.07, 6.45) is 0. The standard InChI is InChI=1S/C16H18N2O5/c1-12-6-7-15(23-12)11-17(8-9-22-2)16(19)13-4-3-5-14(10-13)18(20)21/h3-7,10H,8-9,11H2,1-2H3. The topological polar surface area (TPSA) is 85.8 Å². The predicted octanol–water partition coefficient (Wildman–Crippen LogP) is 2.79. The number of carbonyl (C=O) groups excluding carboxylic acids is 1. The summed E-state index contributed by atoms with van der Waals surface area (Å²) in [5.74, 6) is 1.10. The number of amides is 1. The molecule has 0 bridgehead atoms. The summed E-state index contributed by atoms with van der Waals surface area (Å²) >= 11 is 0. The number of methoxy groups -OCH3 is 1. The van der Waals surface area contributed by atoms with Gasteiger partial charge in [-0.1, -0.05) is 6.07 Å². The number of furan rings is 1. The SMILES string of the molecule is COCCN(Cc1ccc(C)o1)C(=O)c1cccc([N+](=O)[O-])c1. The number of ether oxygens (including phenoxy) is 1. The van der Waals surface area contributed by atoms with E-state index in [2.05, 4.69) is 0 Å². The molecule has 7 heteroatoms. The molecule has 0 radical (unpaired) electrons. The van der Waals surface area contributed by atoms with Gasteiger partial charge < -0.3 is 14.1 Å². The van der Waals surface area contributed by atoms with Crippen LogP contribution in [-0.2, 0) is 11.3 Å². The Bertz CT molecular complexity index is 695. The highest BCUT2D eigenvalue weighted by atomic mass is 16.6. The number of rotatable bonds is 7. The zero-order valence-corrected chi connectivity index (χ0v) is 13.0. The molecule has 0 atom stereocenters. The highest BCUT2D eigenvalue weighted by Gasteiger charge is 2.19. The Morgan fingerprint density at radius 2 is 2.13 bits per heavy atom. The fourth-order valence-electron chi connectivity index (χ4n) is 2.15. The van der Waals surface area contributed by atoms with Crippen LogP contribution in [-0.4, -0.2) is 36.0 Å². The van der Waals surface area contributed by atoms with E-state index in [-0.39, 0.29) is 23.7 Å². The van der Waals surface area contributed by atoms with Crippen molar-refractivity contribution in [2.24, 2.45) is 0 Å². The molecule has 0 saturated carbocycles. The maximum absolute atomic E-state index is 12.6. The van der Waals surface area contributed by atoms with Crippen molar-refractivity contribution in [1.82, 2.24) is 4.90 Å². The number of nitro groups is 1. The maximum atomic E-state index is 12.6. The van der Waals surface area contributed by atoms with Gasteiger partial charge in [0.25, 0.3) is 11.6 Å². The van der Waals surface area contributed by atoms with Gasteiger partial charge in [0.1, 0.15) is 11.5 Å². The van der Waals surface area contributed by atoms with E-state index in [0.717, 1.165) is 5.76 Å². The first-order valence-corrected chi connectivity index (χ1v) is 7.09. The molecule has 0 aliphatic heterocycles. The summed E-state index contributed by atoms with van der Waals surface area (Å²) in [4.78, 5) is 24.5. The molecule has 7 nitrogen and oxygen atoms in total. The van der Waals surface area contributed by atoms with Crippen LogP contribution < -0.4 is 0 Å². The number of aryl methyl sites for hydroxylation is 1. The fraction of sp³-hybridized carbons (Fsp3) is 0.312. The molecule has 1 amide bonds. The molecular weight excluding hydrogens is 300 g/mol. The lowest BCUT2D eigenvalue weighted by atomic mass is 10.1. The third-order valence-electron chi connectivity index (χ3n) is 3.30. The van der Waals surface area contributed by atoms with E-state index in [0.29, 0.717) is 18.9 Å². The van der Waals surface area contributed by atoms with Crippen molar-refractivity contribution in [1.29, 1.82) is 0 Å². The van der Waals surface area contributed by atoms with Crippen molar-refractivity contribution in [3.05, 3.63) is 63.6 Å². The van der Waals surface area contributed by atoms with Crippen LogP contribution in [0, 0.1) is 17.0 Å². The molecule has 0 saturated heterocycles. The first-order chi connectivity index (χ1) is 11.0. The lowest BCUT2D eigenvalue weighted by Crippen LogP contribution is -2.33. The van der Waals surface area contributed by atoms with Crippen LogP contribution in [0.1, 0.15) is 21.9 Å². The molecule has 1 aromatic heterocycles. The first kappa shape index (κ1) is 16.7. The lowest BCUT2D eigenvalue weighted by molar-refractivity contribution is -0.384. The number of hydrogen-bond donors (Lipinski definition) is 0.